The molecular formula is C44H25NS. The molecule has 2 aromatic heterocycles. The Labute approximate surface area is 269 Å². The maximum Gasteiger partial charge on any atom is 0.0726 e. The lowest BCUT2D eigenvalue weighted by atomic mass is 9.70. The summed E-state index contributed by atoms with van der Waals surface area (Å²) in [5.41, 5.74) is 17.7. The zero-order valence-corrected chi connectivity index (χ0v) is 25.7. The Balaban J connectivity index is 1.31. The predicted molar refractivity (Wildman–Crippen MR) is 193 cm³/mol. The fourth-order valence-corrected chi connectivity index (χ4v) is 10.8. The van der Waals surface area contributed by atoms with E-state index in [1.807, 2.05) is 11.3 Å². The molecule has 3 heterocycles. The lowest BCUT2D eigenvalue weighted by Crippen LogP contribution is -2.25. The third kappa shape index (κ3) is 2.53. The molecule has 0 atom stereocenters. The van der Waals surface area contributed by atoms with E-state index in [9.17, 15) is 0 Å². The smallest absolute Gasteiger partial charge is 0.0726 e. The summed E-state index contributed by atoms with van der Waals surface area (Å²) in [4.78, 5) is 0. The Morgan fingerprint density at radius 1 is 0.457 bits per heavy atom. The van der Waals surface area contributed by atoms with Crippen LogP contribution in [0.15, 0.2) is 140 Å². The summed E-state index contributed by atoms with van der Waals surface area (Å²) in [5.74, 6) is 0. The molecule has 9 aromatic rings. The van der Waals surface area contributed by atoms with Crippen LogP contribution in [0.1, 0.15) is 27.8 Å². The Morgan fingerprint density at radius 3 is 1.85 bits per heavy atom. The SMILES string of the molecule is c1ccc2c(c1)Cn1c3c4c(ccc3c3cc5c(sc6ccccc65)c-2c31)C1(c2ccccc2-c2ccccc21)c1ccccc1-4. The van der Waals surface area contributed by atoms with Gasteiger partial charge in [0.2, 0.25) is 0 Å². The van der Waals surface area contributed by atoms with Gasteiger partial charge in [0.1, 0.15) is 0 Å². The summed E-state index contributed by atoms with van der Waals surface area (Å²) < 4.78 is 5.43. The molecule has 12 rings (SSSR count). The van der Waals surface area contributed by atoms with E-state index < -0.39 is 0 Å². The Kier molecular flexibility index (Phi) is 4.17. The van der Waals surface area contributed by atoms with E-state index in [1.165, 1.54) is 103 Å². The average Bonchev–Trinajstić information content (AvgIpc) is 3.82. The van der Waals surface area contributed by atoms with Crippen molar-refractivity contribution in [2.24, 2.45) is 0 Å². The monoisotopic (exact) mass is 599 g/mol. The number of rotatable bonds is 0. The number of aromatic nitrogens is 1. The number of benzene rings is 7. The first kappa shape index (κ1) is 23.9. The van der Waals surface area contributed by atoms with Crippen LogP contribution in [0.3, 0.4) is 0 Å². The van der Waals surface area contributed by atoms with E-state index >= 15 is 0 Å². The van der Waals surface area contributed by atoms with E-state index in [1.54, 1.807) is 0 Å². The number of fused-ring (bicyclic) bond motifs is 20. The van der Waals surface area contributed by atoms with Gasteiger partial charge in [-0.2, -0.15) is 0 Å². The molecular weight excluding hydrogens is 575 g/mol. The highest BCUT2D eigenvalue weighted by atomic mass is 32.1. The normalized spacial score (nSPS) is 14.6. The van der Waals surface area contributed by atoms with E-state index in [0.29, 0.717) is 0 Å². The molecule has 46 heavy (non-hydrogen) atoms. The van der Waals surface area contributed by atoms with Gasteiger partial charge in [0.25, 0.3) is 0 Å². The number of hydrogen-bond acceptors (Lipinski definition) is 1. The molecule has 0 bridgehead atoms. The van der Waals surface area contributed by atoms with Gasteiger partial charge in [0.15, 0.2) is 0 Å². The summed E-state index contributed by atoms with van der Waals surface area (Å²) in [6.45, 7) is 0.873. The molecule has 2 heteroatoms. The lowest BCUT2D eigenvalue weighted by Gasteiger charge is -2.30. The number of nitrogens with zero attached hydrogens (tertiary/aromatic N) is 1. The van der Waals surface area contributed by atoms with E-state index in [2.05, 4.69) is 144 Å². The highest BCUT2D eigenvalue weighted by molar-refractivity contribution is 7.26. The lowest BCUT2D eigenvalue weighted by molar-refractivity contribution is 0.793. The molecule has 1 aliphatic heterocycles. The van der Waals surface area contributed by atoms with Gasteiger partial charge >= 0.3 is 0 Å². The third-order valence-corrected chi connectivity index (χ3v) is 12.4. The second-order valence-corrected chi connectivity index (χ2v) is 14.2. The minimum absolute atomic E-state index is 0.337. The van der Waals surface area contributed by atoms with Gasteiger partial charge in [-0.1, -0.05) is 127 Å². The Morgan fingerprint density at radius 2 is 1.07 bits per heavy atom. The van der Waals surface area contributed by atoms with Gasteiger partial charge < -0.3 is 4.57 Å². The first-order valence-electron chi connectivity index (χ1n) is 16.2. The van der Waals surface area contributed by atoms with Crippen LogP contribution in [0, 0.1) is 0 Å². The zero-order valence-electron chi connectivity index (χ0n) is 24.8. The van der Waals surface area contributed by atoms with Crippen molar-refractivity contribution < 1.29 is 0 Å². The van der Waals surface area contributed by atoms with Crippen molar-refractivity contribution in [3.8, 4) is 33.4 Å². The van der Waals surface area contributed by atoms with Crippen LogP contribution in [0.4, 0.5) is 0 Å². The van der Waals surface area contributed by atoms with Crippen LogP contribution >= 0.6 is 11.3 Å². The van der Waals surface area contributed by atoms with Crippen molar-refractivity contribution in [1.82, 2.24) is 4.57 Å². The van der Waals surface area contributed by atoms with Crippen LogP contribution in [-0.4, -0.2) is 4.57 Å². The molecule has 2 aliphatic carbocycles. The zero-order chi connectivity index (χ0) is 29.7. The second-order valence-electron chi connectivity index (χ2n) is 13.1. The molecule has 7 aromatic carbocycles. The van der Waals surface area contributed by atoms with Crippen molar-refractivity contribution in [1.29, 1.82) is 0 Å². The summed E-state index contributed by atoms with van der Waals surface area (Å²) in [6.07, 6.45) is 0. The molecule has 1 nitrogen and oxygen atoms in total. The van der Waals surface area contributed by atoms with E-state index in [-0.39, 0.29) is 5.41 Å². The maximum absolute atomic E-state index is 2.67. The highest BCUT2D eigenvalue weighted by Crippen LogP contribution is 2.64. The molecule has 0 fully saturated rings. The van der Waals surface area contributed by atoms with E-state index in [0.717, 1.165) is 6.54 Å². The van der Waals surface area contributed by atoms with Gasteiger partial charge in [-0.25, -0.2) is 0 Å². The molecule has 212 valence electrons. The topological polar surface area (TPSA) is 4.93 Å². The second kappa shape index (κ2) is 8.04. The molecule has 0 radical (unpaired) electrons. The fourth-order valence-electron chi connectivity index (χ4n) is 9.59. The Bertz CT molecular complexity index is 2800. The first-order valence-corrected chi connectivity index (χ1v) is 17.0. The molecule has 0 unspecified atom stereocenters. The van der Waals surface area contributed by atoms with Gasteiger partial charge in [0, 0.05) is 48.6 Å². The van der Waals surface area contributed by atoms with Crippen LogP contribution in [0.5, 0.6) is 0 Å². The standard InChI is InChI=1S/C44H25NS/c1-2-12-26-25(11-1)24-45-41-30(32-23-33-29-15-6-10-20-38(29)46-43(33)40(26)42(32)45)21-22-37-39(41)31-16-5-9-19-36(31)44(37)34-17-7-3-13-27(34)28-14-4-8-18-35(28)44/h1-23H,24H2. The largest absolute Gasteiger partial charge is 0.335 e. The summed E-state index contributed by atoms with van der Waals surface area (Å²) in [6, 6.07) is 52.9. The average molecular weight is 600 g/mol. The number of thiophene rings is 1. The minimum atomic E-state index is -0.337. The van der Waals surface area contributed by atoms with Crippen molar-refractivity contribution in [3.05, 3.63) is 167 Å². The van der Waals surface area contributed by atoms with Gasteiger partial charge in [-0.3, -0.25) is 0 Å². The first-order chi connectivity index (χ1) is 22.8. The van der Waals surface area contributed by atoms with Crippen molar-refractivity contribution in [2.45, 2.75) is 12.0 Å². The molecule has 3 aliphatic rings. The highest BCUT2D eigenvalue weighted by Gasteiger charge is 2.52. The fraction of sp³-hybridized carbons (Fsp3) is 0.0455. The predicted octanol–water partition coefficient (Wildman–Crippen LogP) is 11.5. The van der Waals surface area contributed by atoms with Crippen LogP contribution in [0.2, 0.25) is 0 Å². The maximum atomic E-state index is 2.67. The van der Waals surface area contributed by atoms with Crippen molar-refractivity contribution >= 4 is 53.3 Å². The van der Waals surface area contributed by atoms with Gasteiger partial charge in [-0.05, 0) is 62.2 Å². The van der Waals surface area contributed by atoms with Gasteiger partial charge in [-0.15, -0.1) is 11.3 Å². The third-order valence-electron chi connectivity index (χ3n) is 11.2. The molecule has 0 saturated heterocycles. The summed E-state index contributed by atoms with van der Waals surface area (Å²) in [5, 5.41) is 5.44. The number of hydrogen-bond donors (Lipinski definition) is 0. The van der Waals surface area contributed by atoms with Crippen LogP contribution < -0.4 is 0 Å². The van der Waals surface area contributed by atoms with Crippen molar-refractivity contribution in [2.75, 3.05) is 0 Å². The Hall–Kier alpha value is -5.44. The molecule has 1 spiro atoms. The summed E-state index contributed by atoms with van der Waals surface area (Å²) in [7, 11) is 0. The van der Waals surface area contributed by atoms with Crippen LogP contribution in [-0.2, 0) is 12.0 Å². The van der Waals surface area contributed by atoms with Crippen LogP contribution in [0.25, 0.3) is 75.4 Å². The summed E-state index contributed by atoms with van der Waals surface area (Å²) >= 11 is 1.94. The molecule has 0 saturated carbocycles. The van der Waals surface area contributed by atoms with Crippen molar-refractivity contribution in [3.63, 3.8) is 0 Å². The van der Waals surface area contributed by atoms with Gasteiger partial charge in [0.05, 0.1) is 16.4 Å². The molecule has 0 amide bonds. The minimum Gasteiger partial charge on any atom is -0.335 e. The van der Waals surface area contributed by atoms with E-state index in [4.69, 9.17) is 0 Å². The quantitative estimate of drug-likeness (QED) is 0.163. The molecule has 0 N–H and O–H groups in total.